The monoisotopic (exact) mass is 297 g/mol. The predicted molar refractivity (Wildman–Crippen MR) is 85.2 cm³/mol. The third-order valence-corrected chi connectivity index (χ3v) is 5.23. The topological polar surface area (TPSA) is 44.6 Å². The maximum atomic E-state index is 9.65. The Labute approximate surface area is 131 Å². The van der Waals surface area contributed by atoms with E-state index in [4.69, 9.17) is 0 Å². The molecule has 3 heteroatoms. The summed E-state index contributed by atoms with van der Waals surface area (Å²) < 4.78 is 0. The summed E-state index contributed by atoms with van der Waals surface area (Å²) in [6, 6.07) is 2.01. The van der Waals surface area contributed by atoms with E-state index in [1.165, 1.54) is 64.2 Å². The van der Waals surface area contributed by atoms with E-state index in [2.05, 4.69) is 7.05 Å². The summed E-state index contributed by atoms with van der Waals surface area (Å²) in [5, 5.41) is 9.65. The van der Waals surface area contributed by atoms with Crippen molar-refractivity contribution in [2.24, 2.45) is 0 Å². The van der Waals surface area contributed by atoms with Gasteiger partial charge in [0.1, 0.15) is 0 Å². The van der Waals surface area contributed by atoms with Gasteiger partial charge in [-0.15, -0.1) is 0 Å². The second-order valence-corrected chi connectivity index (χ2v) is 6.89. The van der Waals surface area contributed by atoms with Gasteiger partial charge in [-0.05, 0) is 64.2 Å². The highest BCUT2D eigenvalue weighted by Gasteiger charge is 2.28. The molecule has 0 saturated heterocycles. The van der Waals surface area contributed by atoms with Gasteiger partial charge in [0.25, 0.3) is 0 Å². The Morgan fingerprint density at radius 2 is 1.38 bits per heavy atom. The van der Waals surface area contributed by atoms with Crippen LogP contribution in [0.2, 0.25) is 0 Å². The molecule has 0 heterocycles. The van der Waals surface area contributed by atoms with E-state index in [-0.39, 0.29) is 6.42 Å². The van der Waals surface area contributed by atoms with Crippen molar-refractivity contribution in [2.75, 3.05) is 7.05 Å². The summed E-state index contributed by atoms with van der Waals surface area (Å²) in [4.78, 5) is 11.5. The van der Waals surface area contributed by atoms with Crippen LogP contribution >= 0.6 is 0 Å². The number of carbonyl (C=O) groups excluding carboxylic acids is 1. The average molecular weight is 297 g/mol. The van der Waals surface area contributed by atoms with E-state index in [1.807, 2.05) is 11.8 Å². The fourth-order valence-electron chi connectivity index (χ4n) is 3.77. The number of carboxylic acid groups (broad SMARTS) is 1. The average Bonchev–Trinajstić information content (AvgIpc) is 2.54. The molecule has 0 atom stereocenters. The molecule has 2 aliphatic carbocycles. The number of quaternary nitrogens is 1. The van der Waals surface area contributed by atoms with E-state index < -0.39 is 5.97 Å². The zero-order chi connectivity index (χ0) is 15.5. The smallest absolute Gasteiger partial charge is 0.0874 e. The first-order valence-corrected chi connectivity index (χ1v) is 9.18. The minimum Gasteiger partial charge on any atom is -0.550 e. The highest BCUT2D eigenvalue weighted by molar-refractivity contribution is 5.63. The minimum atomic E-state index is -0.943. The molecule has 2 saturated carbocycles. The van der Waals surface area contributed by atoms with Crippen LogP contribution in [0.4, 0.5) is 0 Å². The Hall–Kier alpha value is -0.570. The molecule has 0 aliphatic heterocycles. The third kappa shape index (κ3) is 7.85. The maximum Gasteiger partial charge on any atom is 0.0874 e. The van der Waals surface area contributed by atoms with Crippen molar-refractivity contribution in [3.8, 4) is 0 Å². The molecule has 0 spiro atoms. The van der Waals surface area contributed by atoms with Gasteiger partial charge >= 0.3 is 0 Å². The van der Waals surface area contributed by atoms with E-state index in [9.17, 15) is 9.90 Å². The van der Waals surface area contributed by atoms with E-state index in [1.54, 1.807) is 0 Å². The largest absolute Gasteiger partial charge is 0.550 e. The van der Waals surface area contributed by atoms with E-state index >= 15 is 0 Å². The molecular weight excluding hydrogens is 262 g/mol. The molecule has 2 fully saturated rings. The standard InChI is InChI=1S/C13H25N.C5H10O2/c1-14(12-8-4-2-5-9-12)13-10-6-3-7-11-13;1-2-3-4-5(6)7/h12-13H,2-11H2,1H3;2-4H2,1H3,(H,6,7). The number of unbranched alkanes of at least 4 members (excludes halogenated alkanes) is 1. The second kappa shape index (κ2) is 11.1. The fourth-order valence-corrected chi connectivity index (χ4v) is 3.77. The molecule has 0 aromatic heterocycles. The summed E-state index contributed by atoms with van der Waals surface area (Å²) in [5.74, 6) is -0.943. The lowest BCUT2D eigenvalue weighted by atomic mass is 9.89. The van der Waals surface area contributed by atoms with Crippen LogP contribution in [-0.4, -0.2) is 25.1 Å². The van der Waals surface area contributed by atoms with Gasteiger partial charge in [-0.2, -0.15) is 0 Å². The molecule has 3 nitrogen and oxygen atoms in total. The number of aliphatic carboxylic acids is 1. The Morgan fingerprint density at radius 3 is 1.67 bits per heavy atom. The number of hydrogen-bond acceptors (Lipinski definition) is 2. The Morgan fingerprint density at radius 1 is 0.952 bits per heavy atom. The van der Waals surface area contributed by atoms with Gasteiger partial charge in [-0.25, -0.2) is 0 Å². The predicted octanol–water partition coefficient (Wildman–Crippen LogP) is 2.09. The first kappa shape index (κ1) is 18.5. The molecule has 0 aromatic rings. The Bertz CT molecular complexity index is 250. The molecule has 0 aromatic carbocycles. The van der Waals surface area contributed by atoms with Gasteiger partial charge < -0.3 is 14.8 Å². The minimum absolute atomic E-state index is 0.205. The summed E-state index contributed by atoms with van der Waals surface area (Å²) >= 11 is 0. The van der Waals surface area contributed by atoms with Crippen LogP contribution in [0.5, 0.6) is 0 Å². The highest BCUT2D eigenvalue weighted by Crippen LogP contribution is 2.19. The third-order valence-electron chi connectivity index (χ3n) is 5.23. The molecule has 2 aliphatic rings. The molecule has 1 N–H and O–H groups in total. The van der Waals surface area contributed by atoms with Crippen LogP contribution in [-0.2, 0) is 4.79 Å². The maximum absolute atomic E-state index is 9.65. The van der Waals surface area contributed by atoms with E-state index in [0.29, 0.717) is 0 Å². The number of hydrogen-bond donors (Lipinski definition) is 1. The fraction of sp³-hybridized carbons (Fsp3) is 0.944. The second-order valence-electron chi connectivity index (χ2n) is 6.89. The van der Waals surface area contributed by atoms with Crippen LogP contribution in [0.1, 0.15) is 90.4 Å². The van der Waals surface area contributed by atoms with Gasteiger partial charge in [0.05, 0.1) is 19.1 Å². The van der Waals surface area contributed by atoms with Crippen molar-refractivity contribution >= 4 is 5.97 Å². The molecule has 2 rings (SSSR count). The SMILES string of the molecule is CCCCC(=O)[O-].C[NH+](C1CCCCC1)C1CCCCC1. The molecule has 0 amide bonds. The molecule has 124 valence electrons. The van der Waals surface area contributed by atoms with Crippen LogP contribution < -0.4 is 10.0 Å². The van der Waals surface area contributed by atoms with Crippen molar-refractivity contribution < 1.29 is 14.8 Å². The first-order chi connectivity index (χ1) is 10.1. The van der Waals surface area contributed by atoms with Crippen LogP contribution in [0.15, 0.2) is 0 Å². The Kier molecular flexibility index (Phi) is 9.73. The molecule has 0 bridgehead atoms. The number of nitrogens with one attached hydrogen (secondary N) is 1. The summed E-state index contributed by atoms with van der Waals surface area (Å²) in [5.41, 5.74) is 0. The quantitative estimate of drug-likeness (QED) is 0.844. The zero-order valence-corrected chi connectivity index (χ0v) is 14.2. The van der Waals surface area contributed by atoms with E-state index in [0.717, 1.165) is 24.9 Å². The van der Waals surface area contributed by atoms with Gasteiger partial charge in [0, 0.05) is 5.97 Å². The number of carboxylic acids is 1. The molecule has 0 unspecified atom stereocenters. The lowest BCUT2D eigenvalue weighted by Gasteiger charge is -2.36. The lowest BCUT2D eigenvalue weighted by molar-refractivity contribution is -0.933. The number of rotatable bonds is 5. The van der Waals surface area contributed by atoms with Crippen LogP contribution in [0.3, 0.4) is 0 Å². The summed E-state index contributed by atoms with van der Waals surface area (Å²) in [6.45, 7) is 1.95. The summed E-state index contributed by atoms with van der Waals surface area (Å²) in [6.07, 6.45) is 16.8. The molecule has 0 radical (unpaired) electrons. The normalized spacial score (nSPS) is 20.9. The van der Waals surface area contributed by atoms with Crippen molar-refractivity contribution in [3.05, 3.63) is 0 Å². The zero-order valence-electron chi connectivity index (χ0n) is 14.2. The van der Waals surface area contributed by atoms with Crippen LogP contribution in [0.25, 0.3) is 0 Å². The molecular formula is C18H35NO2. The van der Waals surface area contributed by atoms with Gasteiger partial charge in [-0.3, -0.25) is 0 Å². The van der Waals surface area contributed by atoms with Gasteiger partial charge in [0.2, 0.25) is 0 Å². The Balaban J connectivity index is 0.000000270. The molecule has 21 heavy (non-hydrogen) atoms. The number of carbonyl (C=O) groups is 1. The van der Waals surface area contributed by atoms with Gasteiger partial charge in [0.15, 0.2) is 0 Å². The summed E-state index contributed by atoms with van der Waals surface area (Å²) in [7, 11) is 2.46. The van der Waals surface area contributed by atoms with Crippen LogP contribution in [0, 0.1) is 0 Å². The van der Waals surface area contributed by atoms with Crippen molar-refractivity contribution in [3.63, 3.8) is 0 Å². The highest BCUT2D eigenvalue weighted by atomic mass is 16.4. The van der Waals surface area contributed by atoms with Crippen molar-refractivity contribution in [1.29, 1.82) is 0 Å². The van der Waals surface area contributed by atoms with Crippen molar-refractivity contribution in [2.45, 2.75) is 102 Å². The van der Waals surface area contributed by atoms with Crippen molar-refractivity contribution in [1.82, 2.24) is 0 Å². The first-order valence-electron chi connectivity index (χ1n) is 9.18. The van der Waals surface area contributed by atoms with Gasteiger partial charge in [-0.1, -0.05) is 26.2 Å². The lowest BCUT2D eigenvalue weighted by Crippen LogP contribution is -3.16.